The van der Waals surface area contributed by atoms with Gasteiger partial charge in [0.15, 0.2) is 0 Å². The minimum Gasteiger partial charge on any atom is -0.382 e. The van der Waals surface area contributed by atoms with Gasteiger partial charge in [-0.3, -0.25) is 0 Å². The van der Waals surface area contributed by atoms with Crippen LogP contribution in [0.5, 0.6) is 0 Å². The highest BCUT2D eigenvalue weighted by atomic mass is 16.5. The lowest BCUT2D eigenvalue weighted by Crippen LogP contribution is -2.30. The van der Waals surface area contributed by atoms with Crippen molar-refractivity contribution >= 4 is 0 Å². The number of hydrogen-bond donors (Lipinski definition) is 2. The molecule has 0 radical (unpaired) electrons. The van der Waals surface area contributed by atoms with Crippen LogP contribution in [-0.2, 0) is 14.2 Å². The van der Waals surface area contributed by atoms with Crippen LogP contribution in [0.25, 0.3) is 0 Å². The molecule has 0 bridgehead atoms. The first-order valence-electron chi connectivity index (χ1n) is 6.56. The van der Waals surface area contributed by atoms with Gasteiger partial charge in [0, 0.05) is 39.4 Å². The van der Waals surface area contributed by atoms with E-state index in [1.54, 1.807) is 0 Å². The third kappa shape index (κ3) is 15.8. The fraction of sp³-hybridized carbons (Fsp3) is 1.00. The Balaban J connectivity index is 0.000000228. The molecule has 2 heterocycles. The first kappa shape index (κ1) is 16.8. The summed E-state index contributed by atoms with van der Waals surface area (Å²) < 4.78 is 14.8. The van der Waals surface area contributed by atoms with E-state index in [9.17, 15) is 0 Å². The van der Waals surface area contributed by atoms with Crippen molar-refractivity contribution < 1.29 is 14.2 Å². The molecule has 0 aromatic rings. The standard InChI is InChI=1S/2C4H9NO.C4H10O/c2*1-3-6-4-2-5-1;1-3-5-4-2/h2*5H,1-4H2;3-4H2,1-2H3. The van der Waals surface area contributed by atoms with Crippen LogP contribution in [0.4, 0.5) is 0 Å². The maximum Gasteiger partial charge on any atom is 0.0591 e. The Morgan fingerprint density at radius 2 is 1.12 bits per heavy atom. The van der Waals surface area contributed by atoms with Gasteiger partial charge in [-0.15, -0.1) is 0 Å². The van der Waals surface area contributed by atoms with E-state index in [2.05, 4.69) is 10.6 Å². The number of nitrogens with one attached hydrogen (secondary N) is 2. The summed E-state index contributed by atoms with van der Waals surface area (Å²) in [5.74, 6) is 0. The lowest BCUT2D eigenvalue weighted by Gasteiger charge is -2.10. The van der Waals surface area contributed by atoms with Gasteiger partial charge in [0.25, 0.3) is 0 Å². The minimum atomic E-state index is 0.844. The van der Waals surface area contributed by atoms with Crippen molar-refractivity contribution in [1.29, 1.82) is 0 Å². The number of rotatable bonds is 2. The molecular formula is C12H28N2O3. The monoisotopic (exact) mass is 248 g/mol. The smallest absolute Gasteiger partial charge is 0.0591 e. The van der Waals surface area contributed by atoms with Crippen LogP contribution in [0.3, 0.4) is 0 Å². The van der Waals surface area contributed by atoms with Crippen molar-refractivity contribution in [2.75, 3.05) is 65.8 Å². The molecule has 0 aromatic heterocycles. The van der Waals surface area contributed by atoms with Crippen molar-refractivity contribution in [1.82, 2.24) is 10.6 Å². The average molecular weight is 248 g/mol. The Kier molecular flexibility index (Phi) is 15.6. The molecule has 5 nitrogen and oxygen atoms in total. The van der Waals surface area contributed by atoms with Crippen molar-refractivity contribution in [3.63, 3.8) is 0 Å². The molecule has 0 amide bonds. The first-order valence-corrected chi connectivity index (χ1v) is 6.56. The van der Waals surface area contributed by atoms with Gasteiger partial charge < -0.3 is 24.8 Å². The second kappa shape index (κ2) is 15.8. The molecule has 0 saturated carbocycles. The summed E-state index contributed by atoms with van der Waals surface area (Å²) >= 11 is 0. The Morgan fingerprint density at radius 1 is 0.765 bits per heavy atom. The van der Waals surface area contributed by atoms with E-state index in [4.69, 9.17) is 14.2 Å². The minimum absolute atomic E-state index is 0.844. The Bertz CT molecular complexity index is 91.9. The molecule has 0 atom stereocenters. The Hall–Kier alpha value is -0.200. The van der Waals surface area contributed by atoms with Crippen molar-refractivity contribution in [2.24, 2.45) is 0 Å². The zero-order valence-electron chi connectivity index (χ0n) is 11.3. The topological polar surface area (TPSA) is 51.8 Å². The highest BCUT2D eigenvalue weighted by Crippen LogP contribution is 1.77. The third-order valence-electron chi connectivity index (χ3n) is 2.10. The summed E-state index contributed by atoms with van der Waals surface area (Å²) in [6.45, 7) is 13.3. The van der Waals surface area contributed by atoms with Crippen LogP contribution >= 0.6 is 0 Å². The molecule has 104 valence electrons. The molecule has 2 rings (SSSR count). The molecule has 0 unspecified atom stereocenters. The van der Waals surface area contributed by atoms with Crippen molar-refractivity contribution in [2.45, 2.75) is 13.8 Å². The number of morpholine rings is 2. The summed E-state index contributed by atoms with van der Waals surface area (Å²) in [4.78, 5) is 0. The fourth-order valence-electron chi connectivity index (χ4n) is 1.24. The van der Waals surface area contributed by atoms with E-state index < -0.39 is 0 Å². The van der Waals surface area contributed by atoms with Crippen LogP contribution in [0.15, 0.2) is 0 Å². The molecule has 2 aliphatic heterocycles. The SMILES string of the molecule is C1COCCN1.C1COCCN1.CCOCC. The number of hydrogen-bond acceptors (Lipinski definition) is 5. The van der Waals surface area contributed by atoms with Gasteiger partial charge in [-0.1, -0.05) is 0 Å². The van der Waals surface area contributed by atoms with Gasteiger partial charge in [-0.25, -0.2) is 0 Å². The summed E-state index contributed by atoms with van der Waals surface area (Å²) in [5, 5.41) is 6.32. The van der Waals surface area contributed by atoms with Gasteiger partial charge in [0.1, 0.15) is 0 Å². The predicted octanol–water partition coefficient (Wildman–Crippen LogP) is 0.255. The van der Waals surface area contributed by atoms with Crippen LogP contribution in [0.2, 0.25) is 0 Å². The quantitative estimate of drug-likeness (QED) is 0.734. The predicted molar refractivity (Wildman–Crippen MR) is 69.5 cm³/mol. The largest absolute Gasteiger partial charge is 0.382 e. The van der Waals surface area contributed by atoms with Crippen molar-refractivity contribution in [3.8, 4) is 0 Å². The molecule has 2 aliphatic rings. The molecule has 5 heteroatoms. The zero-order valence-corrected chi connectivity index (χ0v) is 11.3. The van der Waals surface area contributed by atoms with Gasteiger partial charge in [-0.2, -0.15) is 0 Å². The van der Waals surface area contributed by atoms with Crippen molar-refractivity contribution in [3.05, 3.63) is 0 Å². The van der Waals surface area contributed by atoms with E-state index >= 15 is 0 Å². The van der Waals surface area contributed by atoms with Gasteiger partial charge in [0.05, 0.1) is 26.4 Å². The summed E-state index contributed by atoms with van der Waals surface area (Å²) in [6, 6.07) is 0. The molecule has 2 N–H and O–H groups in total. The molecule has 0 spiro atoms. The summed E-state index contributed by atoms with van der Waals surface area (Å²) in [5.41, 5.74) is 0. The third-order valence-corrected chi connectivity index (χ3v) is 2.10. The van der Waals surface area contributed by atoms with E-state index in [0.29, 0.717) is 0 Å². The first-order chi connectivity index (χ1) is 8.41. The second-order valence-corrected chi connectivity index (χ2v) is 3.51. The number of ether oxygens (including phenoxy) is 3. The molecular weight excluding hydrogens is 220 g/mol. The van der Waals surface area contributed by atoms with Crippen LogP contribution < -0.4 is 10.6 Å². The highest BCUT2D eigenvalue weighted by molar-refractivity contribution is 4.50. The Morgan fingerprint density at radius 3 is 1.18 bits per heavy atom. The maximum atomic E-state index is 5.01. The van der Waals surface area contributed by atoms with E-state index in [1.807, 2.05) is 13.8 Å². The summed E-state index contributed by atoms with van der Waals surface area (Å²) in [7, 11) is 0. The molecule has 2 saturated heterocycles. The lowest BCUT2D eigenvalue weighted by molar-refractivity contribution is 0.109. The van der Waals surface area contributed by atoms with Gasteiger partial charge in [-0.05, 0) is 13.8 Å². The van der Waals surface area contributed by atoms with E-state index in [0.717, 1.165) is 65.8 Å². The van der Waals surface area contributed by atoms with Gasteiger partial charge in [0.2, 0.25) is 0 Å². The van der Waals surface area contributed by atoms with Crippen LogP contribution in [0, 0.1) is 0 Å². The highest BCUT2D eigenvalue weighted by Gasteiger charge is 1.93. The Labute approximate surface area is 105 Å². The maximum absolute atomic E-state index is 5.01. The zero-order chi connectivity index (χ0) is 12.6. The van der Waals surface area contributed by atoms with Crippen LogP contribution in [-0.4, -0.2) is 65.8 Å². The lowest BCUT2D eigenvalue weighted by atomic mass is 10.5. The molecule has 0 aromatic carbocycles. The second-order valence-electron chi connectivity index (χ2n) is 3.51. The molecule has 2 fully saturated rings. The normalized spacial score (nSPS) is 19.4. The van der Waals surface area contributed by atoms with E-state index in [1.165, 1.54) is 0 Å². The average Bonchev–Trinajstić information content (AvgIpc) is 2.45. The molecule has 0 aliphatic carbocycles. The summed E-state index contributed by atoms with van der Waals surface area (Å²) in [6.07, 6.45) is 0. The van der Waals surface area contributed by atoms with E-state index in [-0.39, 0.29) is 0 Å². The molecule has 17 heavy (non-hydrogen) atoms. The fourth-order valence-corrected chi connectivity index (χ4v) is 1.24. The van der Waals surface area contributed by atoms with Gasteiger partial charge >= 0.3 is 0 Å². The van der Waals surface area contributed by atoms with Crippen LogP contribution in [0.1, 0.15) is 13.8 Å².